The number of aliphatic hydroxyl groups excluding tert-OH is 1. The van der Waals surface area contributed by atoms with E-state index in [1.807, 2.05) is 12.1 Å². The van der Waals surface area contributed by atoms with Crippen molar-refractivity contribution in [3.05, 3.63) is 64.5 Å². The van der Waals surface area contributed by atoms with Crippen LogP contribution in [-0.2, 0) is 12.8 Å². The van der Waals surface area contributed by atoms with E-state index in [1.54, 1.807) is 0 Å². The molecular weight excluding hydrogens is 315 g/mol. The lowest BCUT2D eigenvalue weighted by atomic mass is 9.76. The number of halogens is 1. The first-order chi connectivity index (χ1) is 12.1. The Labute approximate surface area is 148 Å². The summed E-state index contributed by atoms with van der Waals surface area (Å²) in [5.41, 5.74) is 4.88. The van der Waals surface area contributed by atoms with E-state index in [9.17, 15) is 9.50 Å². The Morgan fingerprint density at radius 2 is 1.92 bits per heavy atom. The molecule has 0 aromatic heterocycles. The van der Waals surface area contributed by atoms with Gasteiger partial charge in [-0.1, -0.05) is 31.2 Å². The highest BCUT2D eigenvalue weighted by molar-refractivity contribution is 5.49. The highest BCUT2D eigenvalue weighted by Crippen LogP contribution is 2.40. The Kier molecular flexibility index (Phi) is 4.51. The van der Waals surface area contributed by atoms with Gasteiger partial charge in [0.15, 0.2) is 0 Å². The Balaban J connectivity index is 1.66. The van der Waals surface area contributed by atoms with Crippen LogP contribution in [0, 0.1) is 11.7 Å². The van der Waals surface area contributed by atoms with Crippen molar-refractivity contribution in [2.75, 3.05) is 6.61 Å². The Morgan fingerprint density at radius 1 is 1.12 bits per heavy atom. The van der Waals surface area contributed by atoms with Gasteiger partial charge in [0.2, 0.25) is 0 Å². The molecular formula is C22H25FO2. The summed E-state index contributed by atoms with van der Waals surface area (Å²) in [6.07, 6.45) is 4.39. The lowest BCUT2D eigenvalue weighted by molar-refractivity contribution is 0.0945. The third-order valence-electron chi connectivity index (χ3n) is 5.58. The Bertz CT molecular complexity index is 743. The van der Waals surface area contributed by atoms with E-state index in [1.165, 1.54) is 28.8 Å². The third kappa shape index (κ3) is 3.57. The molecule has 2 aromatic carbocycles. The van der Waals surface area contributed by atoms with E-state index in [4.69, 9.17) is 4.74 Å². The van der Waals surface area contributed by atoms with E-state index in [0.29, 0.717) is 11.8 Å². The minimum Gasteiger partial charge on any atom is -0.493 e. The van der Waals surface area contributed by atoms with Gasteiger partial charge in [-0.05, 0) is 65.5 Å². The first-order valence-corrected chi connectivity index (χ1v) is 9.29. The molecule has 132 valence electrons. The van der Waals surface area contributed by atoms with Gasteiger partial charge in [0.05, 0.1) is 12.7 Å². The van der Waals surface area contributed by atoms with Crippen LogP contribution in [0.1, 0.15) is 54.4 Å². The molecule has 0 saturated heterocycles. The van der Waals surface area contributed by atoms with E-state index in [2.05, 4.69) is 19.1 Å². The summed E-state index contributed by atoms with van der Waals surface area (Å²) >= 11 is 0. The van der Waals surface area contributed by atoms with Gasteiger partial charge in [-0.15, -0.1) is 0 Å². The summed E-state index contributed by atoms with van der Waals surface area (Å²) in [6.45, 7) is 2.96. The molecule has 4 rings (SSSR count). The van der Waals surface area contributed by atoms with Crippen LogP contribution in [0.3, 0.4) is 0 Å². The second kappa shape index (κ2) is 6.80. The number of fused-ring (bicyclic) bond motifs is 1. The number of ether oxygens (including phenoxy) is 1. The minimum atomic E-state index is -0.204. The number of hydrogen-bond acceptors (Lipinski definition) is 2. The monoisotopic (exact) mass is 340 g/mol. The summed E-state index contributed by atoms with van der Waals surface area (Å²) in [4.78, 5) is 0. The van der Waals surface area contributed by atoms with Crippen LogP contribution >= 0.6 is 0 Å². The van der Waals surface area contributed by atoms with Crippen molar-refractivity contribution in [1.82, 2.24) is 0 Å². The molecule has 25 heavy (non-hydrogen) atoms. The van der Waals surface area contributed by atoms with Gasteiger partial charge in [-0.3, -0.25) is 0 Å². The first kappa shape index (κ1) is 16.6. The van der Waals surface area contributed by atoms with Crippen molar-refractivity contribution in [3.63, 3.8) is 0 Å². The predicted octanol–water partition coefficient (Wildman–Crippen LogP) is 4.62. The summed E-state index contributed by atoms with van der Waals surface area (Å²) in [5, 5.41) is 10.2. The summed E-state index contributed by atoms with van der Waals surface area (Å²) in [7, 11) is 0. The molecule has 1 aliphatic heterocycles. The van der Waals surface area contributed by atoms with Crippen LogP contribution in [0.5, 0.6) is 5.75 Å². The highest BCUT2D eigenvalue weighted by atomic mass is 19.1. The molecule has 3 heteroatoms. The van der Waals surface area contributed by atoms with E-state index >= 15 is 0 Å². The largest absolute Gasteiger partial charge is 0.493 e. The highest BCUT2D eigenvalue weighted by Gasteiger charge is 2.28. The number of aliphatic hydroxyl groups is 1. The van der Waals surface area contributed by atoms with Crippen LogP contribution in [0.15, 0.2) is 36.4 Å². The smallest absolute Gasteiger partial charge is 0.126 e. The van der Waals surface area contributed by atoms with Gasteiger partial charge in [0.1, 0.15) is 11.6 Å². The normalized spacial score (nSPS) is 25.5. The molecule has 0 amide bonds. The van der Waals surface area contributed by atoms with E-state index in [0.717, 1.165) is 50.0 Å². The Hall–Kier alpha value is -1.87. The zero-order valence-electron chi connectivity index (χ0n) is 14.7. The number of benzene rings is 2. The maximum absolute atomic E-state index is 13.2. The molecule has 1 heterocycles. The molecule has 2 aromatic rings. The van der Waals surface area contributed by atoms with Gasteiger partial charge in [0.25, 0.3) is 0 Å². The van der Waals surface area contributed by atoms with Crippen molar-refractivity contribution in [2.45, 2.75) is 51.0 Å². The third-order valence-corrected chi connectivity index (χ3v) is 5.58. The van der Waals surface area contributed by atoms with Crippen LogP contribution < -0.4 is 4.74 Å². The summed E-state index contributed by atoms with van der Waals surface area (Å²) < 4.78 is 19.1. The lowest BCUT2D eigenvalue weighted by Gasteiger charge is -2.31. The zero-order valence-corrected chi connectivity index (χ0v) is 14.7. The van der Waals surface area contributed by atoms with Gasteiger partial charge in [0, 0.05) is 12.8 Å². The summed E-state index contributed by atoms with van der Waals surface area (Å²) in [6, 6.07) is 11.2. The molecule has 3 atom stereocenters. The molecule has 1 fully saturated rings. The first-order valence-electron chi connectivity index (χ1n) is 9.29. The van der Waals surface area contributed by atoms with Crippen molar-refractivity contribution in [1.29, 1.82) is 0 Å². The fourth-order valence-electron chi connectivity index (χ4n) is 4.44. The topological polar surface area (TPSA) is 29.5 Å². The molecule has 2 aliphatic rings. The molecule has 0 bridgehead atoms. The summed E-state index contributed by atoms with van der Waals surface area (Å²) in [5.74, 6) is 1.78. The maximum Gasteiger partial charge on any atom is 0.126 e. The minimum absolute atomic E-state index is 0.196. The van der Waals surface area contributed by atoms with Gasteiger partial charge in [-0.2, -0.15) is 0 Å². The number of rotatable bonds is 3. The lowest BCUT2D eigenvalue weighted by Crippen LogP contribution is -2.23. The fourth-order valence-corrected chi connectivity index (χ4v) is 4.44. The molecule has 1 aliphatic carbocycles. The van der Waals surface area contributed by atoms with Crippen LogP contribution in [-0.4, -0.2) is 17.8 Å². The SMILES string of the molecule is CC1CC(O)CC(c2cc3c(c(Cc4ccc(F)cc4)c2)OCC3)C1. The molecule has 0 radical (unpaired) electrons. The van der Waals surface area contributed by atoms with E-state index < -0.39 is 0 Å². The fraction of sp³-hybridized carbons (Fsp3) is 0.455. The average molecular weight is 340 g/mol. The quantitative estimate of drug-likeness (QED) is 0.884. The number of hydrogen-bond donors (Lipinski definition) is 1. The van der Waals surface area contributed by atoms with Crippen molar-refractivity contribution >= 4 is 0 Å². The second-order valence-electron chi connectivity index (χ2n) is 7.73. The molecule has 1 N–H and O–H groups in total. The molecule has 3 unspecified atom stereocenters. The predicted molar refractivity (Wildman–Crippen MR) is 96.6 cm³/mol. The van der Waals surface area contributed by atoms with Crippen LogP contribution in [0.2, 0.25) is 0 Å². The maximum atomic E-state index is 13.2. The van der Waals surface area contributed by atoms with Crippen LogP contribution in [0.4, 0.5) is 4.39 Å². The van der Waals surface area contributed by atoms with Gasteiger partial charge >= 0.3 is 0 Å². The van der Waals surface area contributed by atoms with E-state index in [-0.39, 0.29) is 11.9 Å². The van der Waals surface area contributed by atoms with Crippen molar-refractivity contribution in [2.24, 2.45) is 5.92 Å². The van der Waals surface area contributed by atoms with Crippen molar-refractivity contribution < 1.29 is 14.2 Å². The molecule has 1 saturated carbocycles. The van der Waals surface area contributed by atoms with Crippen LogP contribution in [0.25, 0.3) is 0 Å². The average Bonchev–Trinajstić information content (AvgIpc) is 3.05. The zero-order chi connectivity index (χ0) is 17.4. The second-order valence-corrected chi connectivity index (χ2v) is 7.73. The van der Waals surface area contributed by atoms with Gasteiger partial charge < -0.3 is 9.84 Å². The van der Waals surface area contributed by atoms with Gasteiger partial charge in [-0.25, -0.2) is 4.39 Å². The standard InChI is InChI=1S/C22H25FO2/c1-14-8-17(13-21(24)9-14)18-11-16-6-7-25-22(16)19(12-18)10-15-2-4-20(23)5-3-15/h2-5,11-12,14,17,21,24H,6-10,13H2,1H3. The Morgan fingerprint density at radius 3 is 2.68 bits per heavy atom. The van der Waals surface area contributed by atoms with Crippen molar-refractivity contribution in [3.8, 4) is 5.75 Å². The molecule has 0 spiro atoms. The molecule has 2 nitrogen and oxygen atoms in total.